The van der Waals surface area contributed by atoms with E-state index in [1.54, 1.807) is 4.90 Å². The van der Waals surface area contributed by atoms with E-state index in [0.717, 1.165) is 17.0 Å². The van der Waals surface area contributed by atoms with Gasteiger partial charge in [-0.2, -0.15) is 0 Å². The van der Waals surface area contributed by atoms with Crippen molar-refractivity contribution in [1.82, 2.24) is 14.3 Å². The largest absolute Gasteiger partial charge is 0.335 e. The Kier molecular flexibility index (Phi) is 1.46. The van der Waals surface area contributed by atoms with E-state index >= 15 is 0 Å². The van der Waals surface area contributed by atoms with Crippen LogP contribution in [0.15, 0.2) is 18.2 Å². The van der Waals surface area contributed by atoms with Gasteiger partial charge in [0.25, 0.3) is 5.91 Å². The number of hydrogen-bond donors (Lipinski definition) is 0. The van der Waals surface area contributed by atoms with Gasteiger partial charge in [-0.3, -0.25) is 9.20 Å². The van der Waals surface area contributed by atoms with Crippen molar-refractivity contribution in [1.29, 1.82) is 0 Å². The number of rotatable bonds is 0. The summed E-state index contributed by atoms with van der Waals surface area (Å²) in [5, 5.41) is 0. The summed E-state index contributed by atoms with van der Waals surface area (Å²) < 4.78 is 1.96. The SMILES string of the molecule is Cc1nc2cccc3n2c1C(=O)N(C)C3. The van der Waals surface area contributed by atoms with Crippen LogP contribution in [0, 0.1) is 6.92 Å². The van der Waals surface area contributed by atoms with Crippen molar-refractivity contribution in [3.63, 3.8) is 0 Å². The lowest BCUT2D eigenvalue weighted by molar-refractivity contribution is 0.0758. The Labute approximate surface area is 87.1 Å². The van der Waals surface area contributed by atoms with Crippen molar-refractivity contribution in [3.05, 3.63) is 35.3 Å². The van der Waals surface area contributed by atoms with Gasteiger partial charge in [-0.15, -0.1) is 0 Å². The van der Waals surface area contributed by atoms with Crippen LogP contribution in [-0.4, -0.2) is 27.2 Å². The molecular weight excluding hydrogens is 190 g/mol. The molecule has 76 valence electrons. The summed E-state index contributed by atoms with van der Waals surface area (Å²) in [6, 6.07) is 5.93. The second-order valence-corrected chi connectivity index (χ2v) is 3.92. The first-order valence-electron chi connectivity index (χ1n) is 4.91. The van der Waals surface area contributed by atoms with Crippen LogP contribution < -0.4 is 0 Å². The van der Waals surface area contributed by atoms with Crippen LogP contribution in [-0.2, 0) is 6.54 Å². The molecule has 0 saturated heterocycles. The van der Waals surface area contributed by atoms with E-state index in [2.05, 4.69) is 4.98 Å². The highest BCUT2D eigenvalue weighted by Crippen LogP contribution is 2.21. The normalized spacial score (nSPS) is 15.1. The maximum atomic E-state index is 12.0. The Balaban J connectivity index is 2.48. The van der Waals surface area contributed by atoms with Crippen LogP contribution in [0.4, 0.5) is 0 Å². The van der Waals surface area contributed by atoms with E-state index in [-0.39, 0.29) is 5.91 Å². The molecule has 0 atom stereocenters. The van der Waals surface area contributed by atoms with Crippen molar-refractivity contribution in [2.45, 2.75) is 13.5 Å². The monoisotopic (exact) mass is 201 g/mol. The lowest BCUT2D eigenvalue weighted by Crippen LogP contribution is -2.33. The minimum absolute atomic E-state index is 0.0544. The molecule has 0 fully saturated rings. The molecular formula is C11H11N3O. The predicted octanol–water partition coefficient (Wildman–Crippen LogP) is 1.23. The number of aromatic nitrogens is 2. The highest BCUT2D eigenvalue weighted by molar-refractivity contribution is 5.95. The lowest BCUT2D eigenvalue weighted by Gasteiger charge is -2.23. The van der Waals surface area contributed by atoms with Crippen LogP contribution in [0.2, 0.25) is 0 Å². The Morgan fingerprint density at radius 2 is 2.20 bits per heavy atom. The molecule has 4 nitrogen and oxygen atoms in total. The molecule has 0 bridgehead atoms. The van der Waals surface area contributed by atoms with Crippen LogP contribution in [0.1, 0.15) is 21.9 Å². The Morgan fingerprint density at radius 3 is 3.00 bits per heavy atom. The van der Waals surface area contributed by atoms with Gasteiger partial charge in [-0.25, -0.2) is 4.98 Å². The summed E-state index contributed by atoms with van der Waals surface area (Å²) >= 11 is 0. The fraction of sp³-hybridized carbons (Fsp3) is 0.273. The van der Waals surface area contributed by atoms with E-state index in [1.165, 1.54) is 0 Å². The summed E-state index contributed by atoms with van der Waals surface area (Å²) in [7, 11) is 1.82. The first-order chi connectivity index (χ1) is 7.18. The average Bonchev–Trinajstić information content (AvgIpc) is 2.53. The van der Waals surface area contributed by atoms with Crippen LogP contribution >= 0.6 is 0 Å². The molecule has 3 heterocycles. The molecule has 0 unspecified atom stereocenters. The summed E-state index contributed by atoms with van der Waals surface area (Å²) in [6.45, 7) is 2.53. The molecule has 1 aliphatic rings. The fourth-order valence-corrected chi connectivity index (χ4v) is 2.14. The molecule has 2 aromatic heterocycles. The molecule has 0 saturated carbocycles. The number of carbonyl (C=O) groups excluding carboxylic acids is 1. The van der Waals surface area contributed by atoms with Crippen molar-refractivity contribution < 1.29 is 4.79 Å². The highest BCUT2D eigenvalue weighted by Gasteiger charge is 2.26. The number of amides is 1. The van der Waals surface area contributed by atoms with E-state index in [9.17, 15) is 4.79 Å². The summed E-state index contributed by atoms with van der Waals surface area (Å²) in [5.74, 6) is 0.0544. The molecule has 0 N–H and O–H groups in total. The summed E-state index contributed by atoms with van der Waals surface area (Å²) in [6.07, 6.45) is 0. The first kappa shape index (κ1) is 8.47. The number of hydrogen-bond acceptors (Lipinski definition) is 2. The van der Waals surface area contributed by atoms with E-state index in [4.69, 9.17) is 0 Å². The van der Waals surface area contributed by atoms with Gasteiger partial charge in [0, 0.05) is 12.7 Å². The van der Waals surface area contributed by atoms with E-state index in [1.807, 2.05) is 36.6 Å². The topological polar surface area (TPSA) is 37.6 Å². The number of aryl methyl sites for hydroxylation is 1. The van der Waals surface area contributed by atoms with Crippen molar-refractivity contribution in [2.24, 2.45) is 0 Å². The summed E-state index contributed by atoms with van der Waals surface area (Å²) in [5.41, 5.74) is 3.49. The number of imidazole rings is 1. The van der Waals surface area contributed by atoms with Crippen LogP contribution in [0.25, 0.3) is 5.65 Å². The average molecular weight is 201 g/mol. The third-order valence-electron chi connectivity index (χ3n) is 2.85. The van der Waals surface area contributed by atoms with Crippen molar-refractivity contribution in [3.8, 4) is 0 Å². The molecule has 0 aromatic carbocycles. The van der Waals surface area contributed by atoms with Gasteiger partial charge in [0.05, 0.1) is 12.2 Å². The van der Waals surface area contributed by atoms with Crippen molar-refractivity contribution >= 4 is 11.6 Å². The second-order valence-electron chi connectivity index (χ2n) is 3.92. The van der Waals surface area contributed by atoms with Gasteiger partial charge in [0.1, 0.15) is 11.3 Å². The van der Waals surface area contributed by atoms with Crippen LogP contribution in [0.5, 0.6) is 0 Å². The molecule has 1 amide bonds. The van der Waals surface area contributed by atoms with Gasteiger partial charge in [0.15, 0.2) is 0 Å². The Morgan fingerprint density at radius 1 is 1.40 bits per heavy atom. The third-order valence-corrected chi connectivity index (χ3v) is 2.85. The van der Waals surface area contributed by atoms with E-state index in [0.29, 0.717) is 12.2 Å². The highest BCUT2D eigenvalue weighted by atomic mass is 16.2. The molecule has 1 aliphatic heterocycles. The quantitative estimate of drug-likeness (QED) is 0.643. The standard InChI is InChI=1S/C11H11N3O/c1-7-10-11(15)13(2)6-8-4-3-5-9(12-7)14(8)10/h3-5H,6H2,1-2H3. The number of carbonyl (C=O) groups is 1. The van der Waals surface area contributed by atoms with Gasteiger partial charge < -0.3 is 4.90 Å². The molecule has 15 heavy (non-hydrogen) atoms. The zero-order chi connectivity index (χ0) is 10.6. The van der Waals surface area contributed by atoms with Gasteiger partial charge in [-0.1, -0.05) is 6.07 Å². The van der Waals surface area contributed by atoms with Crippen molar-refractivity contribution in [2.75, 3.05) is 7.05 Å². The molecule has 2 aromatic rings. The maximum Gasteiger partial charge on any atom is 0.272 e. The molecule has 0 aliphatic carbocycles. The van der Waals surface area contributed by atoms with E-state index < -0.39 is 0 Å². The van der Waals surface area contributed by atoms with Gasteiger partial charge >= 0.3 is 0 Å². The Hall–Kier alpha value is -1.84. The van der Waals surface area contributed by atoms with Gasteiger partial charge in [-0.05, 0) is 19.1 Å². The zero-order valence-corrected chi connectivity index (χ0v) is 8.69. The fourth-order valence-electron chi connectivity index (χ4n) is 2.14. The maximum absolute atomic E-state index is 12.0. The first-order valence-corrected chi connectivity index (χ1v) is 4.91. The van der Waals surface area contributed by atoms with Gasteiger partial charge in [0.2, 0.25) is 0 Å². The lowest BCUT2D eigenvalue weighted by atomic mass is 10.2. The minimum Gasteiger partial charge on any atom is -0.335 e. The zero-order valence-electron chi connectivity index (χ0n) is 8.69. The Bertz CT molecular complexity index is 570. The second kappa shape index (κ2) is 2.59. The molecule has 3 rings (SSSR count). The summed E-state index contributed by atoms with van der Waals surface area (Å²) in [4.78, 5) is 18.1. The minimum atomic E-state index is 0.0544. The van der Waals surface area contributed by atoms with Crippen LogP contribution in [0.3, 0.4) is 0 Å². The number of pyridine rings is 1. The molecule has 4 heteroatoms. The smallest absolute Gasteiger partial charge is 0.272 e. The molecule has 0 radical (unpaired) electrons. The number of nitrogens with zero attached hydrogens (tertiary/aromatic N) is 3. The predicted molar refractivity (Wildman–Crippen MR) is 55.7 cm³/mol. The molecule has 0 spiro atoms. The third kappa shape index (κ3) is 0.960.